The van der Waals surface area contributed by atoms with Crippen LogP contribution in [0.3, 0.4) is 0 Å². The average Bonchev–Trinajstić information content (AvgIpc) is 2.71. The minimum atomic E-state index is -0.801. The molecule has 0 bridgehead atoms. The van der Waals surface area contributed by atoms with Gasteiger partial charge in [-0.3, -0.25) is 4.79 Å². The Morgan fingerprint density at radius 1 is 1.38 bits per heavy atom. The fourth-order valence-corrected chi connectivity index (χ4v) is 2.28. The van der Waals surface area contributed by atoms with Crippen LogP contribution < -0.4 is 9.47 Å². The maximum Gasteiger partial charge on any atom is 0.311 e. The molecule has 0 aliphatic heterocycles. The van der Waals surface area contributed by atoms with Crippen molar-refractivity contribution in [2.45, 2.75) is 18.8 Å². The minimum absolute atomic E-state index is 0.472. The van der Waals surface area contributed by atoms with Gasteiger partial charge in [0.1, 0.15) is 0 Å². The van der Waals surface area contributed by atoms with Crippen molar-refractivity contribution >= 4 is 5.97 Å². The van der Waals surface area contributed by atoms with Gasteiger partial charge in [-0.25, -0.2) is 0 Å². The maximum absolute atomic E-state index is 11.1. The summed E-state index contributed by atoms with van der Waals surface area (Å²) in [5.74, 6) is -0.121. The molecule has 0 saturated carbocycles. The molecule has 1 atom stereocenters. The number of carboxylic acid groups (broad SMARTS) is 1. The van der Waals surface area contributed by atoms with Crippen LogP contribution in [0.5, 0.6) is 11.5 Å². The van der Waals surface area contributed by atoms with Crippen LogP contribution >= 0.6 is 0 Å². The van der Waals surface area contributed by atoms with Gasteiger partial charge in [-0.2, -0.15) is 0 Å². The summed E-state index contributed by atoms with van der Waals surface area (Å²) in [6.07, 6.45) is 1.42. The molecule has 4 heteroatoms. The number of fused-ring (bicyclic) bond motifs is 1. The highest BCUT2D eigenvalue weighted by Crippen LogP contribution is 2.44. The molecule has 0 amide bonds. The summed E-state index contributed by atoms with van der Waals surface area (Å²) in [6.45, 7) is 0. The van der Waals surface area contributed by atoms with E-state index in [1.54, 1.807) is 7.11 Å². The lowest BCUT2D eigenvalue weighted by atomic mass is 10.00. The number of carboxylic acids is 1. The first-order valence-corrected chi connectivity index (χ1v) is 5.15. The predicted molar refractivity (Wildman–Crippen MR) is 58.2 cm³/mol. The van der Waals surface area contributed by atoms with Gasteiger partial charge in [0.2, 0.25) is 0 Å². The number of hydrogen-bond donors (Lipinski definition) is 1. The molecule has 0 saturated heterocycles. The topological polar surface area (TPSA) is 55.8 Å². The van der Waals surface area contributed by atoms with E-state index < -0.39 is 11.9 Å². The monoisotopic (exact) mass is 222 g/mol. The number of hydrogen-bond acceptors (Lipinski definition) is 3. The summed E-state index contributed by atoms with van der Waals surface area (Å²) in [7, 11) is 3.09. The maximum atomic E-state index is 11.1. The van der Waals surface area contributed by atoms with E-state index in [0.717, 1.165) is 17.5 Å². The Labute approximate surface area is 93.8 Å². The van der Waals surface area contributed by atoms with Crippen LogP contribution in [0.25, 0.3) is 0 Å². The van der Waals surface area contributed by atoms with Crippen molar-refractivity contribution in [2.75, 3.05) is 14.2 Å². The molecule has 0 radical (unpaired) electrons. The summed E-state index contributed by atoms with van der Waals surface area (Å²) < 4.78 is 10.4. The third kappa shape index (κ3) is 1.50. The van der Waals surface area contributed by atoms with Gasteiger partial charge in [-0.05, 0) is 24.5 Å². The van der Waals surface area contributed by atoms with Gasteiger partial charge in [-0.15, -0.1) is 0 Å². The summed E-state index contributed by atoms with van der Waals surface area (Å²) in [5, 5.41) is 9.15. The molecule has 0 heterocycles. The highest BCUT2D eigenvalue weighted by molar-refractivity contribution is 5.80. The van der Waals surface area contributed by atoms with Gasteiger partial charge in [0.15, 0.2) is 11.5 Å². The van der Waals surface area contributed by atoms with Gasteiger partial charge in [0.05, 0.1) is 20.1 Å². The van der Waals surface area contributed by atoms with Crippen molar-refractivity contribution in [1.82, 2.24) is 0 Å². The average molecular weight is 222 g/mol. The Kier molecular flexibility index (Phi) is 2.73. The second-order valence-electron chi connectivity index (χ2n) is 3.80. The molecular formula is C12H14O4. The SMILES string of the molecule is COc1ccc2c(c1OC)C(C(=O)O)CC2. The van der Waals surface area contributed by atoms with Crippen LogP contribution in [-0.2, 0) is 11.2 Å². The largest absolute Gasteiger partial charge is 0.493 e. The van der Waals surface area contributed by atoms with Crippen molar-refractivity contribution in [3.8, 4) is 11.5 Å². The van der Waals surface area contributed by atoms with Crippen molar-refractivity contribution in [1.29, 1.82) is 0 Å². The Bertz CT molecular complexity index is 425. The molecule has 0 fully saturated rings. The van der Waals surface area contributed by atoms with Crippen LogP contribution in [0.1, 0.15) is 23.5 Å². The molecule has 1 unspecified atom stereocenters. The third-order valence-corrected chi connectivity index (χ3v) is 3.02. The summed E-state index contributed by atoms with van der Waals surface area (Å²) in [5.41, 5.74) is 1.82. The van der Waals surface area contributed by atoms with Crippen molar-refractivity contribution < 1.29 is 19.4 Å². The molecule has 1 aromatic carbocycles. The second-order valence-corrected chi connectivity index (χ2v) is 3.80. The second kappa shape index (κ2) is 4.04. The van der Waals surface area contributed by atoms with E-state index in [9.17, 15) is 4.79 Å². The van der Waals surface area contributed by atoms with Crippen LogP contribution in [-0.4, -0.2) is 25.3 Å². The molecule has 1 aliphatic carbocycles. The molecule has 0 aromatic heterocycles. The van der Waals surface area contributed by atoms with Crippen molar-refractivity contribution in [3.05, 3.63) is 23.3 Å². The molecule has 1 aromatic rings. The first-order chi connectivity index (χ1) is 7.69. The van der Waals surface area contributed by atoms with Crippen LogP contribution in [0.15, 0.2) is 12.1 Å². The van der Waals surface area contributed by atoms with E-state index in [1.165, 1.54) is 7.11 Å². The fourth-order valence-electron chi connectivity index (χ4n) is 2.28. The first-order valence-electron chi connectivity index (χ1n) is 5.15. The molecule has 1 aliphatic rings. The number of methoxy groups -OCH3 is 2. The zero-order chi connectivity index (χ0) is 11.7. The number of aliphatic carboxylic acids is 1. The first kappa shape index (κ1) is 10.8. The molecule has 1 N–H and O–H groups in total. The standard InChI is InChI=1S/C12H14O4/c1-15-9-6-4-7-3-5-8(12(13)14)10(7)11(9)16-2/h4,6,8H,3,5H2,1-2H3,(H,13,14). The van der Waals surface area contributed by atoms with E-state index in [4.69, 9.17) is 14.6 Å². The van der Waals surface area contributed by atoms with Gasteiger partial charge < -0.3 is 14.6 Å². The number of benzene rings is 1. The molecular weight excluding hydrogens is 208 g/mol. The lowest BCUT2D eigenvalue weighted by Gasteiger charge is -2.14. The van der Waals surface area contributed by atoms with E-state index >= 15 is 0 Å². The Morgan fingerprint density at radius 2 is 2.12 bits per heavy atom. The highest BCUT2D eigenvalue weighted by Gasteiger charge is 2.33. The highest BCUT2D eigenvalue weighted by atomic mass is 16.5. The van der Waals surface area contributed by atoms with Gasteiger partial charge in [0, 0.05) is 5.56 Å². The van der Waals surface area contributed by atoms with Crippen LogP contribution in [0.4, 0.5) is 0 Å². The van der Waals surface area contributed by atoms with E-state index in [2.05, 4.69) is 0 Å². The summed E-state index contributed by atoms with van der Waals surface area (Å²) in [4.78, 5) is 11.1. The Hall–Kier alpha value is -1.71. The normalized spacial score (nSPS) is 18.0. The number of carbonyl (C=O) groups is 1. The van der Waals surface area contributed by atoms with Gasteiger partial charge in [-0.1, -0.05) is 6.07 Å². The number of rotatable bonds is 3. The lowest BCUT2D eigenvalue weighted by Crippen LogP contribution is -2.09. The molecule has 16 heavy (non-hydrogen) atoms. The molecule has 86 valence electrons. The Morgan fingerprint density at radius 3 is 2.69 bits per heavy atom. The van der Waals surface area contributed by atoms with Gasteiger partial charge >= 0.3 is 5.97 Å². The van der Waals surface area contributed by atoms with E-state index in [0.29, 0.717) is 17.9 Å². The van der Waals surface area contributed by atoms with Crippen LogP contribution in [0.2, 0.25) is 0 Å². The van der Waals surface area contributed by atoms with Crippen molar-refractivity contribution in [3.63, 3.8) is 0 Å². The van der Waals surface area contributed by atoms with Crippen LogP contribution in [0, 0.1) is 0 Å². The zero-order valence-corrected chi connectivity index (χ0v) is 9.32. The smallest absolute Gasteiger partial charge is 0.311 e. The van der Waals surface area contributed by atoms with E-state index in [1.807, 2.05) is 12.1 Å². The molecule has 0 spiro atoms. The minimum Gasteiger partial charge on any atom is -0.493 e. The number of ether oxygens (including phenoxy) is 2. The van der Waals surface area contributed by atoms with E-state index in [-0.39, 0.29) is 0 Å². The van der Waals surface area contributed by atoms with Crippen molar-refractivity contribution in [2.24, 2.45) is 0 Å². The summed E-state index contributed by atoms with van der Waals surface area (Å²) >= 11 is 0. The van der Waals surface area contributed by atoms with Gasteiger partial charge in [0.25, 0.3) is 0 Å². The third-order valence-electron chi connectivity index (χ3n) is 3.02. The molecule has 2 rings (SSSR count). The predicted octanol–water partition coefficient (Wildman–Crippen LogP) is 1.82. The summed E-state index contributed by atoms with van der Waals surface area (Å²) in [6, 6.07) is 3.74. The fraction of sp³-hybridized carbons (Fsp3) is 0.417. The molecule has 4 nitrogen and oxygen atoms in total. The Balaban J connectivity index is 2.57. The lowest BCUT2D eigenvalue weighted by molar-refractivity contribution is -0.138. The quantitative estimate of drug-likeness (QED) is 0.847. The number of aryl methyl sites for hydroxylation is 1. The zero-order valence-electron chi connectivity index (χ0n) is 9.32.